The summed E-state index contributed by atoms with van der Waals surface area (Å²) in [6.07, 6.45) is 9.02. The lowest BCUT2D eigenvalue weighted by Gasteiger charge is -2.41. The topological polar surface area (TPSA) is 324 Å². The molecule has 0 radical (unpaired) electrons. The predicted molar refractivity (Wildman–Crippen MR) is 381 cm³/mol. The number of carbonyl (C=O) groups is 10. The monoisotopic (exact) mass is 1440 g/mol. The van der Waals surface area contributed by atoms with Crippen LogP contribution in [-0.2, 0) is 105 Å². The van der Waals surface area contributed by atoms with E-state index in [1.165, 1.54) is 12.2 Å². The quantitative estimate of drug-likeness (QED) is 0.0208. The smallest absolute Gasteiger partial charge is 0.330 e. The standard InChI is InChI=1S/C75H104N4O24/c1-17-57(12)93-45-72(41-80,46-95-62(82)20-4)42-91-43-73(47-94-58(13)18-2,48-96-63(83)21-5)51-99-68(88)31-33-77(26-10)36-35-76(16)71(14,15)70(90)59-27-29-60(30-28-59)79-38-37-78(56(11)39-79)34-32-69(89)100-52-74(49-97-64(84)22-6,50-98-65(85)23-7)44-92-53-75(54-101-66(86)24-8,55-102-67(87)25-9)103-40-61(81)19-3/h17-25,27-30,56,80H,1-9,12-13,26,31-55H2,10-11,14-16H3. The maximum Gasteiger partial charge on any atom is 0.330 e. The van der Waals surface area contributed by atoms with E-state index < -0.39 is 140 Å². The highest BCUT2D eigenvalue weighted by Crippen LogP contribution is 2.29. The second kappa shape index (κ2) is 46.2. The minimum absolute atomic E-state index is 0.0461. The van der Waals surface area contributed by atoms with E-state index in [4.69, 9.17) is 61.6 Å². The molecule has 1 N–H and O–H groups in total. The molecule has 1 aromatic carbocycles. The maximum atomic E-state index is 14.3. The first-order valence-corrected chi connectivity index (χ1v) is 33.0. The molecule has 1 aromatic rings. The Bertz CT molecular complexity index is 3000. The summed E-state index contributed by atoms with van der Waals surface area (Å²) in [5.41, 5.74) is -5.74. The third-order valence-electron chi connectivity index (χ3n) is 16.6. The lowest BCUT2D eigenvalue weighted by atomic mass is 9.90. The largest absolute Gasteiger partial charge is 0.493 e. The van der Waals surface area contributed by atoms with Crippen molar-refractivity contribution in [2.45, 2.75) is 57.7 Å². The van der Waals surface area contributed by atoms with Crippen LogP contribution >= 0.6 is 0 Å². The van der Waals surface area contributed by atoms with Gasteiger partial charge < -0.3 is 76.5 Å². The minimum atomic E-state index is -1.86. The van der Waals surface area contributed by atoms with Crippen molar-refractivity contribution >= 4 is 65.0 Å². The molecule has 2 rings (SSSR count). The summed E-state index contributed by atoms with van der Waals surface area (Å²) in [6.45, 7) is 42.8. The summed E-state index contributed by atoms with van der Waals surface area (Å²) in [5.74, 6) is -6.66. The summed E-state index contributed by atoms with van der Waals surface area (Å²) in [6, 6.07) is 7.32. The Morgan fingerprint density at radius 2 is 0.913 bits per heavy atom. The summed E-state index contributed by atoms with van der Waals surface area (Å²) in [4.78, 5) is 136. The highest BCUT2D eigenvalue weighted by atomic mass is 16.6. The number of piperazine rings is 1. The fraction of sp³-hybridized carbons (Fsp3) is 0.493. The molecule has 0 bridgehead atoms. The van der Waals surface area contributed by atoms with Crippen LogP contribution in [0.5, 0.6) is 0 Å². The zero-order valence-electron chi connectivity index (χ0n) is 60.4. The first kappa shape index (κ1) is 89.7. The van der Waals surface area contributed by atoms with Crippen LogP contribution in [0.2, 0.25) is 0 Å². The number of nitrogens with zero attached hydrogens (tertiary/aromatic N) is 4. The van der Waals surface area contributed by atoms with Gasteiger partial charge in [-0.15, -0.1) is 0 Å². The van der Waals surface area contributed by atoms with Crippen molar-refractivity contribution in [2.75, 3.05) is 170 Å². The summed E-state index contributed by atoms with van der Waals surface area (Å²) in [5, 5.41) is 10.6. The van der Waals surface area contributed by atoms with Crippen LogP contribution in [0, 0.1) is 16.2 Å². The number of anilines is 1. The van der Waals surface area contributed by atoms with E-state index in [0.29, 0.717) is 44.8 Å². The Morgan fingerprint density at radius 3 is 1.34 bits per heavy atom. The molecule has 3 unspecified atom stereocenters. The molecule has 0 amide bonds. The van der Waals surface area contributed by atoms with Gasteiger partial charge in [0.25, 0.3) is 0 Å². The van der Waals surface area contributed by atoms with E-state index in [0.717, 1.165) is 48.2 Å². The van der Waals surface area contributed by atoms with Crippen molar-refractivity contribution in [1.29, 1.82) is 0 Å². The van der Waals surface area contributed by atoms with Crippen LogP contribution in [0.3, 0.4) is 0 Å². The highest BCUT2D eigenvalue weighted by molar-refractivity contribution is 6.03. The van der Waals surface area contributed by atoms with Gasteiger partial charge in [-0.25, -0.2) is 28.8 Å². The van der Waals surface area contributed by atoms with Crippen molar-refractivity contribution in [3.63, 3.8) is 0 Å². The molecule has 0 spiro atoms. The van der Waals surface area contributed by atoms with Crippen molar-refractivity contribution in [2.24, 2.45) is 16.2 Å². The number of rotatable bonds is 57. The number of carbonyl (C=O) groups excluding carboxylic acids is 10. The molecule has 3 atom stereocenters. The lowest BCUT2D eigenvalue weighted by Crippen LogP contribution is -2.52. The SMILES string of the molecule is C=CC(=C)OCC(CO)(COCC(COC(=C)C=C)(COC(=O)C=C)COC(=O)CCN(CC)CCN(C)C(C)(C)C(=O)c1ccc(N2CCN(CCC(=O)OCC(COCC(COC(=O)C=C)(COC(=O)C=C)OCC(=O)C=C)(COC(=O)C=C)COC(=O)C=C)C(C)C2)cc1)COC(=O)C=C. The van der Waals surface area contributed by atoms with Gasteiger partial charge in [0.15, 0.2) is 17.2 Å². The molecule has 568 valence electrons. The normalized spacial score (nSPS) is 14.3. The van der Waals surface area contributed by atoms with Crippen LogP contribution in [0.25, 0.3) is 0 Å². The third-order valence-corrected chi connectivity index (χ3v) is 16.6. The fourth-order valence-corrected chi connectivity index (χ4v) is 9.50. The molecule has 1 aliphatic heterocycles. The van der Waals surface area contributed by atoms with Gasteiger partial charge in [0.05, 0.1) is 67.7 Å². The zero-order valence-corrected chi connectivity index (χ0v) is 60.4. The average Bonchev–Trinajstić information content (AvgIpc) is 0.814. The molecule has 1 saturated heterocycles. The first-order valence-electron chi connectivity index (χ1n) is 33.0. The Hall–Kier alpha value is -9.42. The number of ketones is 2. The first-order chi connectivity index (χ1) is 48.9. The van der Waals surface area contributed by atoms with Crippen molar-refractivity contribution in [3.05, 3.63) is 168 Å². The lowest BCUT2D eigenvalue weighted by molar-refractivity contribution is -0.188. The predicted octanol–water partition coefficient (Wildman–Crippen LogP) is 5.58. The molecule has 1 fully saturated rings. The van der Waals surface area contributed by atoms with Gasteiger partial charge in [0, 0.05) is 99.6 Å². The number of ether oxygens (including phenoxy) is 13. The van der Waals surface area contributed by atoms with Crippen molar-refractivity contribution in [3.8, 4) is 0 Å². The summed E-state index contributed by atoms with van der Waals surface area (Å²) >= 11 is 0. The number of Topliss-reactive ketones (excluding diaryl/α,β-unsaturated/α-hetero) is 1. The second-order valence-corrected chi connectivity index (χ2v) is 25.0. The molecule has 0 aromatic heterocycles. The van der Waals surface area contributed by atoms with Crippen LogP contribution < -0.4 is 4.90 Å². The highest BCUT2D eigenvalue weighted by Gasteiger charge is 2.43. The van der Waals surface area contributed by atoms with Gasteiger partial charge in [0.2, 0.25) is 0 Å². The summed E-state index contributed by atoms with van der Waals surface area (Å²) < 4.78 is 73.3. The number of aliphatic hydroxyl groups is 1. The number of aliphatic hydroxyl groups excluding tert-OH is 1. The molecule has 1 aliphatic rings. The van der Waals surface area contributed by atoms with E-state index in [2.05, 4.69) is 82.2 Å². The second-order valence-electron chi connectivity index (χ2n) is 25.0. The van der Waals surface area contributed by atoms with E-state index in [-0.39, 0.29) is 95.5 Å². The van der Waals surface area contributed by atoms with E-state index in [9.17, 15) is 53.1 Å². The Labute approximate surface area is 604 Å². The van der Waals surface area contributed by atoms with Gasteiger partial charge in [0.1, 0.15) is 84.2 Å². The molecule has 103 heavy (non-hydrogen) atoms. The van der Waals surface area contributed by atoms with Crippen LogP contribution in [0.15, 0.2) is 163 Å². The Kier molecular flexibility index (Phi) is 40.3. The number of likely N-dealkylation sites (N-methyl/N-ethyl adjacent to an activating group) is 2. The van der Waals surface area contributed by atoms with Crippen LogP contribution in [-0.4, -0.2) is 261 Å². The van der Waals surface area contributed by atoms with Gasteiger partial charge in [-0.2, -0.15) is 0 Å². The maximum absolute atomic E-state index is 14.3. The minimum Gasteiger partial charge on any atom is -0.493 e. The molecular formula is C75H104N4O24. The van der Waals surface area contributed by atoms with Crippen molar-refractivity contribution < 1.29 is 115 Å². The summed E-state index contributed by atoms with van der Waals surface area (Å²) in [7, 11) is 1.85. The zero-order chi connectivity index (χ0) is 77.2. The molecule has 28 nitrogen and oxygen atoms in total. The van der Waals surface area contributed by atoms with Crippen LogP contribution in [0.1, 0.15) is 50.9 Å². The Morgan fingerprint density at radius 1 is 0.505 bits per heavy atom. The average molecular weight is 1450 g/mol. The number of hydrogen-bond donors (Lipinski definition) is 1. The fourth-order valence-electron chi connectivity index (χ4n) is 9.50. The van der Waals surface area contributed by atoms with Crippen molar-refractivity contribution in [1.82, 2.24) is 14.7 Å². The van der Waals surface area contributed by atoms with E-state index in [1.807, 2.05) is 56.7 Å². The molecule has 28 heteroatoms. The molecule has 0 aliphatic carbocycles. The van der Waals surface area contributed by atoms with E-state index >= 15 is 0 Å². The number of esters is 8. The number of benzene rings is 1. The molecular weight excluding hydrogens is 1340 g/mol. The Balaban J connectivity index is 2.18. The van der Waals surface area contributed by atoms with Gasteiger partial charge in [-0.1, -0.05) is 79.3 Å². The molecule has 0 saturated carbocycles. The van der Waals surface area contributed by atoms with Gasteiger partial charge >= 0.3 is 47.8 Å². The van der Waals surface area contributed by atoms with Gasteiger partial charge in [-0.05, 0) is 76.9 Å². The molecule has 1 heterocycles. The number of allylic oxidation sites excluding steroid dienone is 2. The van der Waals surface area contributed by atoms with Crippen LogP contribution in [0.4, 0.5) is 5.69 Å². The van der Waals surface area contributed by atoms with Gasteiger partial charge in [-0.3, -0.25) is 29.0 Å². The van der Waals surface area contributed by atoms with E-state index in [1.54, 1.807) is 12.1 Å². The third kappa shape index (κ3) is 32.2. The number of hydrogen-bond acceptors (Lipinski definition) is 28.